The Morgan fingerprint density at radius 2 is 2.00 bits per heavy atom. The second kappa shape index (κ2) is 6.27. The average Bonchev–Trinajstić information content (AvgIpc) is 2.30. The van der Waals surface area contributed by atoms with Gasteiger partial charge in [0.2, 0.25) is 0 Å². The van der Waals surface area contributed by atoms with Crippen LogP contribution in [0.5, 0.6) is 0 Å². The number of anilines is 1. The molecule has 0 bridgehead atoms. The second-order valence-electron chi connectivity index (χ2n) is 3.26. The molecule has 0 aliphatic rings. The molecule has 0 fully saturated rings. The summed E-state index contributed by atoms with van der Waals surface area (Å²) < 4.78 is 0. The number of carbonyl (C=O) groups excluding carboxylic acids is 1. The number of nitrogens with two attached hydrogens (primary N) is 1. The lowest BCUT2D eigenvalue weighted by molar-refractivity contribution is -0.141. The smallest absolute Gasteiger partial charge is 0.330 e. The molecule has 1 unspecified atom stereocenters. The number of nitrogens with one attached hydrogen (secondary N) is 1. The summed E-state index contributed by atoms with van der Waals surface area (Å²) >= 11 is 1.68. The van der Waals surface area contributed by atoms with E-state index in [2.05, 4.69) is 5.32 Å². The Hall–Kier alpha value is -1.53. The van der Waals surface area contributed by atoms with E-state index in [1.54, 1.807) is 23.9 Å². The van der Waals surface area contributed by atoms with Crippen molar-refractivity contribution in [3.63, 3.8) is 0 Å². The highest BCUT2D eigenvalue weighted by atomic mass is 32.2. The van der Waals surface area contributed by atoms with Crippen LogP contribution in [0.1, 0.15) is 6.92 Å². The third kappa shape index (κ3) is 4.08. The van der Waals surface area contributed by atoms with Crippen LogP contribution in [0.4, 0.5) is 5.69 Å². The molecule has 4 N–H and O–H groups in total. The highest BCUT2D eigenvalue weighted by Gasteiger charge is 2.20. The summed E-state index contributed by atoms with van der Waals surface area (Å²) in [5.74, 6) is -1.11. The normalized spacial score (nSPS) is 11.9. The highest BCUT2D eigenvalue weighted by molar-refractivity contribution is 7.99. The van der Waals surface area contributed by atoms with Crippen molar-refractivity contribution in [2.24, 2.45) is 5.73 Å². The molecule has 0 spiro atoms. The lowest BCUT2D eigenvalue weighted by Crippen LogP contribution is -2.42. The molecule has 92 valence electrons. The summed E-state index contributed by atoms with van der Waals surface area (Å²) in [5, 5.41) is 11.0. The number of thioether (sulfide) groups is 1. The molecule has 6 heteroatoms. The molecule has 1 amide bonds. The molecule has 0 aliphatic heterocycles. The molecule has 0 aliphatic carbocycles. The number of amides is 1. The standard InChI is InChI=1S/C11H14N2O3S/c1-2-17-8-5-3-7(4-6-8)13-10(14)9(12)11(15)16/h3-6,9H,2,12H2,1H3,(H,13,14)(H,15,16). The van der Waals surface area contributed by atoms with Crippen molar-refractivity contribution in [1.29, 1.82) is 0 Å². The Kier molecular flexibility index (Phi) is 4.99. The van der Waals surface area contributed by atoms with Gasteiger partial charge in [0.25, 0.3) is 5.91 Å². The highest BCUT2D eigenvalue weighted by Crippen LogP contribution is 2.19. The lowest BCUT2D eigenvalue weighted by atomic mass is 10.2. The van der Waals surface area contributed by atoms with Gasteiger partial charge in [-0.2, -0.15) is 0 Å². The minimum Gasteiger partial charge on any atom is -0.480 e. The molecule has 1 rings (SSSR count). The van der Waals surface area contributed by atoms with Crippen molar-refractivity contribution in [3.05, 3.63) is 24.3 Å². The largest absolute Gasteiger partial charge is 0.480 e. The predicted molar refractivity (Wildman–Crippen MR) is 67.1 cm³/mol. The van der Waals surface area contributed by atoms with E-state index in [9.17, 15) is 9.59 Å². The summed E-state index contributed by atoms with van der Waals surface area (Å²) in [6, 6.07) is 5.60. The first-order chi connectivity index (χ1) is 8.04. The monoisotopic (exact) mass is 254 g/mol. The molecule has 5 nitrogen and oxygen atoms in total. The van der Waals surface area contributed by atoms with E-state index >= 15 is 0 Å². The first-order valence-corrected chi connectivity index (χ1v) is 6.05. The molecule has 0 aromatic heterocycles. The Bertz CT molecular complexity index is 406. The quantitative estimate of drug-likeness (QED) is 0.541. The molecule has 1 aromatic carbocycles. The first-order valence-electron chi connectivity index (χ1n) is 5.06. The van der Waals surface area contributed by atoms with E-state index in [0.717, 1.165) is 10.6 Å². The Labute approximate surface area is 103 Å². The van der Waals surface area contributed by atoms with Gasteiger partial charge in [0.1, 0.15) is 0 Å². The van der Waals surface area contributed by atoms with Gasteiger partial charge in [-0.05, 0) is 30.0 Å². The molecular formula is C11H14N2O3S. The maximum atomic E-state index is 11.3. The Morgan fingerprint density at radius 3 is 2.47 bits per heavy atom. The van der Waals surface area contributed by atoms with Crippen molar-refractivity contribution in [1.82, 2.24) is 0 Å². The number of carbonyl (C=O) groups is 2. The van der Waals surface area contributed by atoms with E-state index in [-0.39, 0.29) is 0 Å². The van der Waals surface area contributed by atoms with Crippen LogP contribution in [0.25, 0.3) is 0 Å². The number of carboxylic acid groups (broad SMARTS) is 1. The van der Waals surface area contributed by atoms with Crippen LogP contribution in [0.2, 0.25) is 0 Å². The van der Waals surface area contributed by atoms with Crippen molar-refractivity contribution in [2.45, 2.75) is 17.9 Å². The summed E-state index contributed by atoms with van der Waals surface area (Å²) in [4.78, 5) is 22.9. The summed E-state index contributed by atoms with van der Waals surface area (Å²) in [7, 11) is 0. The molecule has 0 heterocycles. The SMILES string of the molecule is CCSc1ccc(NC(=O)C(N)C(=O)O)cc1. The van der Waals surface area contributed by atoms with Crippen molar-refractivity contribution in [2.75, 3.05) is 11.1 Å². The number of hydrogen-bond donors (Lipinski definition) is 3. The molecule has 0 saturated heterocycles. The van der Waals surface area contributed by atoms with Gasteiger partial charge in [0.05, 0.1) is 0 Å². The maximum Gasteiger partial charge on any atom is 0.330 e. The average molecular weight is 254 g/mol. The van der Waals surface area contributed by atoms with Gasteiger partial charge >= 0.3 is 5.97 Å². The van der Waals surface area contributed by atoms with E-state index in [1.807, 2.05) is 19.1 Å². The number of benzene rings is 1. The fourth-order valence-electron chi connectivity index (χ4n) is 1.13. The van der Waals surface area contributed by atoms with Crippen LogP contribution in [0.15, 0.2) is 29.2 Å². The number of carboxylic acids is 1. The van der Waals surface area contributed by atoms with Gasteiger partial charge in [0, 0.05) is 10.6 Å². The Morgan fingerprint density at radius 1 is 1.41 bits per heavy atom. The maximum absolute atomic E-state index is 11.3. The number of aliphatic carboxylic acids is 1. The van der Waals surface area contributed by atoms with Gasteiger partial charge in [-0.3, -0.25) is 4.79 Å². The van der Waals surface area contributed by atoms with E-state index in [0.29, 0.717) is 5.69 Å². The summed E-state index contributed by atoms with van der Waals surface area (Å²) in [5.41, 5.74) is 5.70. The minimum absolute atomic E-state index is 0.534. The summed E-state index contributed by atoms with van der Waals surface area (Å²) in [6.45, 7) is 2.05. The van der Waals surface area contributed by atoms with Gasteiger partial charge in [0.15, 0.2) is 6.04 Å². The van der Waals surface area contributed by atoms with Crippen LogP contribution in [0.3, 0.4) is 0 Å². The van der Waals surface area contributed by atoms with Gasteiger partial charge in [-0.15, -0.1) is 11.8 Å². The second-order valence-corrected chi connectivity index (χ2v) is 4.60. The van der Waals surface area contributed by atoms with Gasteiger partial charge in [-0.1, -0.05) is 6.92 Å². The van der Waals surface area contributed by atoms with Gasteiger partial charge in [-0.25, -0.2) is 4.79 Å². The third-order valence-electron chi connectivity index (χ3n) is 1.98. The predicted octanol–water partition coefficient (Wildman–Crippen LogP) is 1.15. The zero-order chi connectivity index (χ0) is 12.8. The van der Waals surface area contributed by atoms with E-state index in [4.69, 9.17) is 10.8 Å². The number of hydrogen-bond acceptors (Lipinski definition) is 4. The number of rotatable bonds is 5. The fraction of sp³-hybridized carbons (Fsp3) is 0.273. The van der Waals surface area contributed by atoms with Crippen LogP contribution >= 0.6 is 11.8 Å². The van der Waals surface area contributed by atoms with Crippen LogP contribution < -0.4 is 11.1 Å². The van der Waals surface area contributed by atoms with Crippen LogP contribution in [-0.2, 0) is 9.59 Å². The third-order valence-corrected chi connectivity index (χ3v) is 2.88. The fourth-order valence-corrected chi connectivity index (χ4v) is 1.80. The lowest BCUT2D eigenvalue weighted by Gasteiger charge is -2.08. The van der Waals surface area contributed by atoms with Crippen LogP contribution in [0, 0.1) is 0 Å². The Balaban J connectivity index is 2.63. The minimum atomic E-state index is -1.54. The van der Waals surface area contributed by atoms with E-state index < -0.39 is 17.9 Å². The van der Waals surface area contributed by atoms with Crippen molar-refractivity contribution >= 4 is 29.3 Å². The van der Waals surface area contributed by atoms with Crippen molar-refractivity contribution in [3.8, 4) is 0 Å². The molecule has 17 heavy (non-hydrogen) atoms. The van der Waals surface area contributed by atoms with Crippen molar-refractivity contribution < 1.29 is 14.7 Å². The van der Waals surface area contributed by atoms with E-state index in [1.165, 1.54) is 0 Å². The molecule has 0 radical (unpaired) electrons. The topological polar surface area (TPSA) is 92.4 Å². The zero-order valence-corrected chi connectivity index (χ0v) is 10.2. The summed E-state index contributed by atoms with van der Waals surface area (Å²) in [6.07, 6.45) is 0. The molecule has 0 saturated carbocycles. The molecule has 1 atom stereocenters. The van der Waals surface area contributed by atoms with Crippen LogP contribution in [-0.4, -0.2) is 28.8 Å². The first kappa shape index (κ1) is 13.5. The zero-order valence-electron chi connectivity index (χ0n) is 9.34. The van der Waals surface area contributed by atoms with Gasteiger partial charge < -0.3 is 16.2 Å². The molecule has 1 aromatic rings. The molecular weight excluding hydrogens is 240 g/mol.